The Morgan fingerprint density at radius 1 is 0.962 bits per heavy atom. The predicted octanol–water partition coefficient (Wildman–Crippen LogP) is 3.74. The minimum Gasteiger partial charge on any atom is -0.504 e. The first-order chi connectivity index (χ1) is 12.3. The largest absolute Gasteiger partial charge is 0.504 e. The molecule has 136 valence electrons. The summed E-state index contributed by atoms with van der Waals surface area (Å²) < 4.78 is 69.9. The van der Waals surface area contributed by atoms with E-state index in [2.05, 4.69) is 0 Å². The quantitative estimate of drug-likeness (QED) is 0.432. The van der Waals surface area contributed by atoms with E-state index in [1.807, 2.05) is 0 Å². The van der Waals surface area contributed by atoms with Crippen LogP contribution in [0.15, 0.2) is 27.4 Å². The van der Waals surface area contributed by atoms with Crippen molar-refractivity contribution in [2.75, 3.05) is 14.2 Å². The zero-order valence-corrected chi connectivity index (χ0v) is 13.3. The molecular weight excluding hydrogens is 360 g/mol. The number of aromatic hydroxyl groups is 1. The molecule has 1 aromatic heterocycles. The van der Waals surface area contributed by atoms with Crippen LogP contribution in [-0.2, 0) is 0 Å². The van der Waals surface area contributed by atoms with Gasteiger partial charge in [0.15, 0.2) is 34.5 Å². The number of ether oxygens (including phenoxy) is 2. The molecule has 5 nitrogen and oxygen atoms in total. The third kappa shape index (κ3) is 2.43. The first-order valence-electron chi connectivity index (χ1n) is 7.05. The summed E-state index contributed by atoms with van der Waals surface area (Å²) >= 11 is 0. The van der Waals surface area contributed by atoms with Crippen molar-refractivity contribution in [2.45, 2.75) is 0 Å². The van der Waals surface area contributed by atoms with Crippen LogP contribution in [0.25, 0.3) is 22.3 Å². The lowest BCUT2D eigenvalue weighted by atomic mass is 10.1. The molecule has 0 spiro atoms. The minimum absolute atomic E-state index is 0.00996. The molecule has 1 N–H and O–H groups in total. The van der Waals surface area contributed by atoms with Crippen LogP contribution in [0, 0.1) is 23.3 Å². The standard InChI is InChI=1S/C17H10F4O5/c1-24-8-5-6(3-4-7(8)22)15-17(25-2)14(23)9-10(18)11(19)12(20)13(21)16(9)26-15/h3-5,22H,1-2H3. The number of phenolic OH excluding ortho intramolecular Hbond substituents is 1. The van der Waals surface area contributed by atoms with Crippen LogP contribution < -0.4 is 14.9 Å². The number of methoxy groups -OCH3 is 2. The van der Waals surface area contributed by atoms with Gasteiger partial charge in [0.1, 0.15) is 5.39 Å². The summed E-state index contributed by atoms with van der Waals surface area (Å²) in [5.74, 6) is -9.18. The van der Waals surface area contributed by atoms with E-state index in [0.29, 0.717) is 0 Å². The van der Waals surface area contributed by atoms with Crippen LogP contribution >= 0.6 is 0 Å². The van der Waals surface area contributed by atoms with Crippen LogP contribution in [0.4, 0.5) is 17.6 Å². The minimum atomic E-state index is -2.14. The fourth-order valence-electron chi connectivity index (χ4n) is 2.47. The van der Waals surface area contributed by atoms with Crippen molar-refractivity contribution in [3.05, 3.63) is 51.7 Å². The van der Waals surface area contributed by atoms with E-state index in [1.54, 1.807) is 0 Å². The molecule has 0 radical (unpaired) electrons. The summed E-state index contributed by atoms with van der Waals surface area (Å²) in [5, 5.41) is 8.51. The number of fused-ring (bicyclic) bond motifs is 1. The number of benzene rings is 2. The Balaban J connectivity index is 2.46. The highest BCUT2D eigenvalue weighted by atomic mass is 19.2. The summed E-state index contributed by atoms with van der Waals surface area (Å²) in [5.41, 5.74) is -2.25. The predicted molar refractivity (Wildman–Crippen MR) is 82.5 cm³/mol. The molecule has 3 aromatic rings. The molecule has 9 heteroatoms. The van der Waals surface area contributed by atoms with Gasteiger partial charge >= 0.3 is 0 Å². The summed E-state index contributed by atoms with van der Waals surface area (Å²) in [6, 6.07) is 3.70. The number of halogens is 4. The van der Waals surface area contributed by atoms with Gasteiger partial charge in [0.2, 0.25) is 22.8 Å². The van der Waals surface area contributed by atoms with E-state index >= 15 is 0 Å². The van der Waals surface area contributed by atoms with Crippen LogP contribution in [0.1, 0.15) is 0 Å². The normalized spacial score (nSPS) is 11.0. The van der Waals surface area contributed by atoms with Gasteiger partial charge in [-0.1, -0.05) is 0 Å². The molecule has 26 heavy (non-hydrogen) atoms. The van der Waals surface area contributed by atoms with Crippen LogP contribution in [-0.4, -0.2) is 19.3 Å². The number of hydrogen-bond donors (Lipinski definition) is 1. The number of hydrogen-bond acceptors (Lipinski definition) is 5. The Hall–Kier alpha value is -3.23. The van der Waals surface area contributed by atoms with E-state index in [9.17, 15) is 27.5 Å². The van der Waals surface area contributed by atoms with E-state index in [4.69, 9.17) is 13.9 Å². The molecule has 0 amide bonds. The van der Waals surface area contributed by atoms with Crippen molar-refractivity contribution in [3.63, 3.8) is 0 Å². The average Bonchev–Trinajstić information content (AvgIpc) is 2.64. The van der Waals surface area contributed by atoms with Gasteiger partial charge < -0.3 is 19.0 Å². The maximum absolute atomic E-state index is 14.0. The van der Waals surface area contributed by atoms with Gasteiger partial charge in [-0.05, 0) is 18.2 Å². The van der Waals surface area contributed by atoms with Gasteiger partial charge in [0.05, 0.1) is 14.2 Å². The summed E-state index contributed by atoms with van der Waals surface area (Å²) in [6.07, 6.45) is 0. The monoisotopic (exact) mass is 370 g/mol. The molecule has 0 atom stereocenters. The van der Waals surface area contributed by atoms with E-state index in [0.717, 1.165) is 7.11 Å². The molecule has 2 aromatic carbocycles. The highest BCUT2D eigenvalue weighted by molar-refractivity contribution is 5.83. The lowest BCUT2D eigenvalue weighted by Gasteiger charge is -2.12. The van der Waals surface area contributed by atoms with Gasteiger partial charge in [-0.15, -0.1) is 0 Å². The molecule has 3 rings (SSSR count). The first kappa shape index (κ1) is 17.6. The second kappa shape index (κ2) is 6.25. The smallest absolute Gasteiger partial charge is 0.238 e. The Morgan fingerprint density at radius 3 is 2.23 bits per heavy atom. The summed E-state index contributed by atoms with van der Waals surface area (Å²) in [7, 11) is 2.33. The van der Waals surface area contributed by atoms with Gasteiger partial charge in [0, 0.05) is 5.56 Å². The van der Waals surface area contributed by atoms with Gasteiger partial charge in [0.25, 0.3) is 0 Å². The van der Waals surface area contributed by atoms with Crippen molar-refractivity contribution in [2.24, 2.45) is 0 Å². The lowest BCUT2D eigenvalue weighted by molar-refractivity contribution is 0.373. The molecule has 0 bridgehead atoms. The second-order valence-electron chi connectivity index (χ2n) is 5.14. The maximum Gasteiger partial charge on any atom is 0.238 e. The Morgan fingerprint density at radius 2 is 1.62 bits per heavy atom. The highest BCUT2D eigenvalue weighted by Crippen LogP contribution is 2.37. The second-order valence-corrected chi connectivity index (χ2v) is 5.14. The van der Waals surface area contributed by atoms with Gasteiger partial charge in [-0.2, -0.15) is 4.39 Å². The maximum atomic E-state index is 14.0. The molecule has 0 saturated carbocycles. The van der Waals surface area contributed by atoms with E-state index < -0.39 is 45.4 Å². The zero-order chi connectivity index (χ0) is 19.2. The molecule has 0 fully saturated rings. The van der Waals surface area contributed by atoms with Crippen LogP contribution in [0.5, 0.6) is 17.2 Å². The van der Waals surface area contributed by atoms with Crippen molar-refractivity contribution < 1.29 is 36.6 Å². The van der Waals surface area contributed by atoms with Crippen LogP contribution in [0.3, 0.4) is 0 Å². The summed E-state index contributed by atoms with van der Waals surface area (Å²) in [6.45, 7) is 0. The van der Waals surface area contributed by atoms with Gasteiger partial charge in [-0.25, -0.2) is 13.2 Å². The molecule has 1 heterocycles. The van der Waals surface area contributed by atoms with Crippen LogP contribution in [0.2, 0.25) is 0 Å². The third-order valence-corrected chi connectivity index (χ3v) is 3.71. The summed E-state index contributed by atoms with van der Waals surface area (Å²) in [4.78, 5) is 12.5. The Bertz CT molecular complexity index is 1090. The van der Waals surface area contributed by atoms with Gasteiger partial charge in [-0.3, -0.25) is 4.79 Å². The fraction of sp³-hybridized carbons (Fsp3) is 0.118. The molecular formula is C17H10F4O5. The fourth-order valence-corrected chi connectivity index (χ4v) is 2.47. The Kier molecular flexibility index (Phi) is 4.23. The van der Waals surface area contributed by atoms with Crippen molar-refractivity contribution in [3.8, 4) is 28.6 Å². The average molecular weight is 370 g/mol. The first-order valence-corrected chi connectivity index (χ1v) is 7.05. The van der Waals surface area contributed by atoms with Crippen molar-refractivity contribution in [1.82, 2.24) is 0 Å². The Labute approximate surface area is 143 Å². The topological polar surface area (TPSA) is 68.9 Å². The van der Waals surface area contributed by atoms with Crippen molar-refractivity contribution in [1.29, 1.82) is 0 Å². The van der Waals surface area contributed by atoms with E-state index in [-0.39, 0.29) is 22.8 Å². The third-order valence-electron chi connectivity index (χ3n) is 3.71. The zero-order valence-electron chi connectivity index (χ0n) is 13.3. The van der Waals surface area contributed by atoms with Crippen molar-refractivity contribution >= 4 is 11.0 Å². The molecule has 0 aliphatic carbocycles. The van der Waals surface area contributed by atoms with E-state index in [1.165, 1.54) is 25.3 Å². The highest BCUT2D eigenvalue weighted by Gasteiger charge is 2.28. The lowest BCUT2D eigenvalue weighted by Crippen LogP contribution is -2.12. The number of phenols is 1. The molecule has 0 aliphatic heterocycles. The molecule has 0 unspecified atom stereocenters. The number of rotatable bonds is 3. The molecule has 0 saturated heterocycles. The molecule has 0 aliphatic rings. The SMILES string of the molecule is COc1cc(-c2oc3c(F)c(F)c(F)c(F)c3c(=O)c2OC)ccc1O.